The first-order chi connectivity index (χ1) is 6.54. The fourth-order valence-corrected chi connectivity index (χ4v) is 1.80. The summed E-state index contributed by atoms with van der Waals surface area (Å²) >= 11 is 0. The van der Waals surface area contributed by atoms with Crippen molar-refractivity contribution < 1.29 is 10.2 Å². The van der Waals surface area contributed by atoms with Gasteiger partial charge in [-0.2, -0.15) is 0 Å². The second-order valence-electron chi connectivity index (χ2n) is 4.40. The molecular weight excluding hydrogens is 176 g/mol. The van der Waals surface area contributed by atoms with E-state index in [9.17, 15) is 10.2 Å². The van der Waals surface area contributed by atoms with E-state index in [2.05, 4.69) is 13.8 Å². The van der Waals surface area contributed by atoms with Gasteiger partial charge in [0, 0.05) is 5.92 Å². The van der Waals surface area contributed by atoms with Gasteiger partial charge in [-0.1, -0.05) is 40.0 Å². The summed E-state index contributed by atoms with van der Waals surface area (Å²) in [6.07, 6.45) is 3.64. The summed E-state index contributed by atoms with van der Waals surface area (Å²) in [6.45, 7) is 7.94. The molecule has 2 N–H and O–H groups in total. The highest BCUT2D eigenvalue weighted by molar-refractivity contribution is 4.76. The molecule has 0 heterocycles. The first kappa shape index (κ1) is 13.9. The van der Waals surface area contributed by atoms with Gasteiger partial charge in [0.1, 0.15) is 0 Å². The van der Waals surface area contributed by atoms with Gasteiger partial charge in [-0.25, -0.2) is 0 Å². The van der Waals surface area contributed by atoms with Gasteiger partial charge in [-0.3, -0.25) is 0 Å². The number of hydrogen-bond acceptors (Lipinski definition) is 2. The Bertz CT molecular complexity index is 134. The van der Waals surface area contributed by atoms with Gasteiger partial charge in [0.25, 0.3) is 0 Å². The third kappa shape index (κ3) is 4.43. The van der Waals surface area contributed by atoms with Crippen molar-refractivity contribution in [2.75, 3.05) is 0 Å². The molecule has 4 atom stereocenters. The summed E-state index contributed by atoms with van der Waals surface area (Å²) < 4.78 is 0. The Balaban J connectivity index is 4.08. The second kappa shape index (κ2) is 7.24. The van der Waals surface area contributed by atoms with Gasteiger partial charge in [0.2, 0.25) is 0 Å². The topological polar surface area (TPSA) is 40.5 Å². The molecule has 0 aliphatic carbocycles. The summed E-state index contributed by atoms with van der Waals surface area (Å²) in [7, 11) is 0. The Labute approximate surface area is 88.3 Å². The van der Waals surface area contributed by atoms with Crippen LogP contribution in [0, 0.1) is 11.8 Å². The van der Waals surface area contributed by atoms with Crippen LogP contribution in [0.4, 0.5) is 0 Å². The number of aliphatic hydroxyl groups excluding tert-OH is 2. The van der Waals surface area contributed by atoms with E-state index in [1.54, 1.807) is 6.92 Å². The molecule has 0 amide bonds. The lowest BCUT2D eigenvalue weighted by Gasteiger charge is -2.28. The van der Waals surface area contributed by atoms with Crippen LogP contribution < -0.4 is 0 Å². The lowest BCUT2D eigenvalue weighted by molar-refractivity contribution is -0.00694. The zero-order chi connectivity index (χ0) is 11.1. The Morgan fingerprint density at radius 1 is 1.07 bits per heavy atom. The maximum Gasteiger partial charge on any atom is 0.0618 e. The van der Waals surface area contributed by atoms with Crippen LogP contribution in [0.3, 0.4) is 0 Å². The summed E-state index contributed by atoms with van der Waals surface area (Å²) in [5.74, 6) is 0.330. The highest BCUT2D eigenvalue weighted by Crippen LogP contribution is 2.23. The van der Waals surface area contributed by atoms with Crippen LogP contribution in [0.25, 0.3) is 0 Å². The zero-order valence-electron chi connectivity index (χ0n) is 10.0. The lowest BCUT2D eigenvalue weighted by atomic mass is 9.84. The van der Waals surface area contributed by atoms with Crippen molar-refractivity contribution >= 4 is 0 Å². The highest BCUT2D eigenvalue weighted by Gasteiger charge is 2.25. The zero-order valence-corrected chi connectivity index (χ0v) is 10.0. The lowest BCUT2D eigenvalue weighted by Crippen LogP contribution is -2.33. The van der Waals surface area contributed by atoms with Crippen molar-refractivity contribution in [2.45, 2.75) is 65.6 Å². The molecular formula is C12H26O2. The molecule has 0 radical (unpaired) electrons. The minimum absolute atomic E-state index is 0.0168. The van der Waals surface area contributed by atoms with Gasteiger partial charge < -0.3 is 10.2 Å². The van der Waals surface area contributed by atoms with Crippen molar-refractivity contribution in [1.29, 1.82) is 0 Å². The third-order valence-electron chi connectivity index (χ3n) is 3.24. The van der Waals surface area contributed by atoms with Crippen molar-refractivity contribution in [3.8, 4) is 0 Å². The van der Waals surface area contributed by atoms with Gasteiger partial charge in [0.15, 0.2) is 0 Å². The van der Waals surface area contributed by atoms with E-state index < -0.39 is 6.10 Å². The number of rotatable bonds is 7. The molecule has 0 unspecified atom stereocenters. The Morgan fingerprint density at radius 3 is 2.00 bits per heavy atom. The summed E-state index contributed by atoms with van der Waals surface area (Å²) in [5.41, 5.74) is 0. The van der Waals surface area contributed by atoms with Crippen LogP contribution in [0.15, 0.2) is 0 Å². The fraction of sp³-hybridized carbons (Fsp3) is 1.00. The van der Waals surface area contributed by atoms with Crippen LogP contribution in [-0.4, -0.2) is 22.4 Å². The van der Waals surface area contributed by atoms with Gasteiger partial charge in [0.05, 0.1) is 12.2 Å². The van der Waals surface area contributed by atoms with Gasteiger partial charge in [-0.05, 0) is 19.3 Å². The molecule has 0 spiro atoms. The maximum absolute atomic E-state index is 10.0. The molecule has 0 aromatic heterocycles. The Morgan fingerprint density at radius 2 is 1.64 bits per heavy atom. The SMILES string of the molecule is CCCC[C@H](CC)[C@H](O)[C@H](C)[C@H](C)O. The normalized spacial score (nSPS) is 20.1. The predicted molar refractivity (Wildman–Crippen MR) is 60.2 cm³/mol. The van der Waals surface area contributed by atoms with Crippen LogP contribution in [0.1, 0.15) is 53.4 Å². The number of unbranched alkanes of at least 4 members (excludes halogenated alkanes) is 1. The maximum atomic E-state index is 10.0. The van der Waals surface area contributed by atoms with Crippen LogP contribution in [0.2, 0.25) is 0 Å². The smallest absolute Gasteiger partial charge is 0.0618 e. The Kier molecular flexibility index (Phi) is 7.20. The number of aliphatic hydroxyl groups is 2. The van der Waals surface area contributed by atoms with E-state index in [0.717, 1.165) is 12.8 Å². The van der Waals surface area contributed by atoms with Crippen molar-refractivity contribution in [3.05, 3.63) is 0 Å². The largest absolute Gasteiger partial charge is 0.393 e. The molecule has 2 heteroatoms. The summed E-state index contributed by atoms with van der Waals surface area (Å²) in [5, 5.41) is 19.4. The molecule has 0 rings (SSSR count). The Hall–Kier alpha value is -0.0800. The van der Waals surface area contributed by atoms with Crippen LogP contribution in [0.5, 0.6) is 0 Å². The van der Waals surface area contributed by atoms with Crippen LogP contribution in [-0.2, 0) is 0 Å². The van der Waals surface area contributed by atoms with E-state index in [0.29, 0.717) is 5.92 Å². The average molecular weight is 202 g/mol. The minimum Gasteiger partial charge on any atom is -0.393 e. The molecule has 0 bridgehead atoms. The summed E-state index contributed by atoms with van der Waals surface area (Å²) in [6, 6.07) is 0. The van der Waals surface area contributed by atoms with Gasteiger partial charge >= 0.3 is 0 Å². The average Bonchev–Trinajstić information content (AvgIpc) is 2.17. The molecule has 0 saturated heterocycles. The van der Waals surface area contributed by atoms with Crippen molar-refractivity contribution in [2.24, 2.45) is 11.8 Å². The molecule has 2 nitrogen and oxygen atoms in total. The van der Waals surface area contributed by atoms with Crippen LogP contribution >= 0.6 is 0 Å². The van der Waals surface area contributed by atoms with Crippen molar-refractivity contribution in [1.82, 2.24) is 0 Å². The van der Waals surface area contributed by atoms with E-state index in [-0.39, 0.29) is 12.0 Å². The first-order valence-electron chi connectivity index (χ1n) is 5.90. The van der Waals surface area contributed by atoms with Gasteiger partial charge in [-0.15, -0.1) is 0 Å². The fourth-order valence-electron chi connectivity index (χ4n) is 1.80. The molecule has 0 fully saturated rings. The first-order valence-corrected chi connectivity index (χ1v) is 5.90. The molecule has 86 valence electrons. The third-order valence-corrected chi connectivity index (χ3v) is 3.24. The minimum atomic E-state index is -0.416. The van der Waals surface area contributed by atoms with E-state index >= 15 is 0 Å². The van der Waals surface area contributed by atoms with Crippen molar-refractivity contribution in [3.63, 3.8) is 0 Å². The molecule has 0 aliphatic heterocycles. The molecule has 0 saturated carbocycles. The summed E-state index contributed by atoms with van der Waals surface area (Å²) in [4.78, 5) is 0. The second-order valence-corrected chi connectivity index (χ2v) is 4.40. The monoisotopic (exact) mass is 202 g/mol. The van der Waals surface area contributed by atoms with E-state index in [1.165, 1.54) is 12.8 Å². The number of hydrogen-bond donors (Lipinski definition) is 2. The van der Waals surface area contributed by atoms with E-state index in [1.807, 2.05) is 6.92 Å². The molecule has 0 aromatic rings. The standard InChI is InChI=1S/C12H26O2/c1-5-7-8-11(6-2)12(14)9(3)10(4)13/h9-14H,5-8H2,1-4H3/t9-,10+,11+,12-/m1/s1. The molecule has 0 aromatic carbocycles. The van der Waals surface area contributed by atoms with E-state index in [4.69, 9.17) is 0 Å². The molecule has 0 aliphatic rings. The quantitative estimate of drug-likeness (QED) is 0.666. The highest BCUT2D eigenvalue weighted by atomic mass is 16.3. The predicted octanol–water partition coefficient (Wildman–Crippen LogP) is 2.58. The molecule has 14 heavy (non-hydrogen) atoms.